The van der Waals surface area contributed by atoms with E-state index < -0.39 is 5.54 Å². The number of amides is 3. The zero-order valence-corrected chi connectivity index (χ0v) is 16.6. The first-order valence-corrected chi connectivity index (χ1v) is 9.19. The van der Waals surface area contributed by atoms with Crippen molar-refractivity contribution in [1.29, 1.82) is 0 Å². The maximum atomic E-state index is 12.8. The average Bonchev–Trinajstić information content (AvgIpc) is 2.68. The van der Waals surface area contributed by atoms with Crippen molar-refractivity contribution in [3.8, 4) is 0 Å². The maximum absolute atomic E-state index is 12.8. The molecule has 0 aliphatic carbocycles. The van der Waals surface area contributed by atoms with E-state index in [1.807, 2.05) is 37.4 Å². The van der Waals surface area contributed by atoms with Crippen molar-refractivity contribution < 1.29 is 14.3 Å². The Kier molecular flexibility index (Phi) is 7.47. The van der Waals surface area contributed by atoms with E-state index in [0.717, 1.165) is 5.56 Å². The Labute approximate surface area is 166 Å². The summed E-state index contributed by atoms with van der Waals surface area (Å²) in [4.78, 5) is 30.7. The van der Waals surface area contributed by atoms with E-state index in [9.17, 15) is 9.59 Å². The smallest absolute Gasteiger partial charge is 0.320 e. The lowest BCUT2D eigenvalue weighted by Crippen LogP contribution is -2.62. The van der Waals surface area contributed by atoms with Gasteiger partial charge in [-0.05, 0) is 18.4 Å². The number of benzene rings is 1. The molecule has 0 unspecified atom stereocenters. The molecule has 150 valence electrons. The number of hydrogen-bond acceptors (Lipinski definition) is 4. The number of nitrogens with two attached hydrogens (primary N) is 1. The topological polar surface area (TPSA) is 79.1 Å². The fraction of sp³-hybridized carbons (Fsp3) is 0.579. The Morgan fingerprint density at radius 3 is 2.22 bits per heavy atom. The molecule has 27 heavy (non-hydrogen) atoms. The zero-order chi connectivity index (χ0) is 18.6. The van der Waals surface area contributed by atoms with Crippen LogP contribution in [0.25, 0.3) is 0 Å². The van der Waals surface area contributed by atoms with E-state index in [1.54, 1.807) is 14.7 Å². The first-order valence-electron chi connectivity index (χ1n) is 9.19. The molecule has 2 N–H and O–H groups in total. The summed E-state index contributed by atoms with van der Waals surface area (Å²) in [5.41, 5.74) is 6.59. The van der Waals surface area contributed by atoms with Crippen LogP contribution in [0.15, 0.2) is 30.3 Å². The first-order chi connectivity index (χ1) is 12.5. The summed E-state index contributed by atoms with van der Waals surface area (Å²) in [6, 6.07) is 9.91. The molecule has 2 aliphatic rings. The summed E-state index contributed by atoms with van der Waals surface area (Å²) in [7, 11) is 1.81. The van der Waals surface area contributed by atoms with Gasteiger partial charge in [0.25, 0.3) is 0 Å². The van der Waals surface area contributed by atoms with E-state index >= 15 is 0 Å². The Bertz CT molecular complexity index is 629. The third kappa shape index (κ3) is 5.12. The van der Waals surface area contributed by atoms with E-state index in [4.69, 9.17) is 10.5 Å². The van der Waals surface area contributed by atoms with Crippen molar-refractivity contribution in [3.05, 3.63) is 35.9 Å². The third-order valence-corrected chi connectivity index (χ3v) is 5.24. The van der Waals surface area contributed by atoms with E-state index in [0.29, 0.717) is 58.8 Å². The van der Waals surface area contributed by atoms with Crippen LogP contribution in [0.3, 0.4) is 0 Å². The second kappa shape index (κ2) is 9.39. The first kappa shape index (κ1) is 21.5. The molecule has 1 aromatic rings. The molecule has 3 rings (SSSR count). The van der Waals surface area contributed by atoms with Gasteiger partial charge in [-0.2, -0.15) is 0 Å². The predicted molar refractivity (Wildman–Crippen MR) is 106 cm³/mol. The Hall–Kier alpha value is -1.83. The molecular formula is C19H29ClN4O3. The van der Waals surface area contributed by atoms with Gasteiger partial charge in [0.2, 0.25) is 5.91 Å². The summed E-state index contributed by atoms with van der Waals surface area (Å²) in [6.45, 7) is 3.78. The second-order valence-corrected chi connectivity index (χ2v) is 7.17. The van der Waals surface area contributed by atoms with Gasteiger partial charge in [-0.3, -0.25) is 4.79 Å². The van der Waals surface area contributed by atoms with Gasteiger partial charge in [-0.15, -0.1) is 12.4 Å². The van der Waals surface area contributed by atoms with Crippen LogP contribution in [0, 0.1) is 0 Å². The van der Waals surface area contributed by atoms with Gasteiger partial charge in [0.15, 0.2) is 0 Å². The molecule has 0 aromatic heterocycles. The van der Waals surface area contributed by atoms with Crippen LogP contribution < -0.4 is 5.73 Å². The van der Waals surface area contributed by atoms with Crippen LogP contribution >= 0.6 is 12.4 Å². The normalized spacial score (nSPS) is 19.2. The summed E-state index contributed by atoms with van der Waals surface area (Å²) in [5, 5.41) is 0. The van der Waals surface area contributed by atoms with E-state index in [1.165, 1.54) is 0 Å². The number of nitrogens with zero attached hydrogens (tertiary/aromatic N) is 3. The number of ether oxygens (including phenoxy) is 1. The summed E-state index contributed by atoms with van der Waals surface area (Å²) in [5.74, 6) is -0.00876. The molecule has 7 nitrogen and oxygen atoms in total. The molecule has 0 atom stereocenters. The number of carbonyl (C=O) groups excluding carboxylic acids is 2. The molecular weight excluding hydrogens is 368 g/mol. The Morgan fingerprint density at radius 2 is 1.63 bits per heavy atom. The number of carbonyl (C=O) groups is 2. The summed E-state index contributed by atoms with van der Waals surface area (Å²) < 4.78 is 5.32. The molecule has 2 aliphatic heterocycles. The molecule has 8 heteroatoms. The van der Waals surface area contributed by atoms with Crippen molar-refractivity contribution >= 4 is 24.3 Å². The molecule has 0 saturated carbocycles. The predicted octanol–water partition coefficient (Wildman–Crippen LogP) is 1.31. The van der Waals surface area contributed by atoms with Crippen molar-refractivity contribution in [3.63, 3.8) is 0 Å². The molecule has 3 amide bonds. The Morgan fingerprint density at radius 1 is 1.07 bits per heavy atom. The molecule has 0 bridgehead atoms. The van der Waals surface area contributed by atoms with Crippen molar-refractivity contribution in [2.75, 3.05) is 46.4 Å². The van der Waals surface area contributed by atoms with Crippen LogP contribution in [0.1, 0.15) is 18.4 Å². The van der Waals surface area contributed by atoms with Crippen molar-refractivity contribution in [1.82, 2.24) is 14.7 Å². The SMILES string of the molecule is CN(Cc1ccccc1)C(=O)N1CCN(C(=O)C2(N)CCOCC2)CC1.Cl. The standard InChI is InChI=1S/C19H28N4O3.ClH/c1-21(15-16-5-3-2-4-6-16)18(25)23-11-9-22(10-12-23)17(24)19(20)7-13-26-14-8-19;/h2-6H,7-15,20H2,1H3;1H. The van der Waals surface area contributed by atoms with Crippen molar-refractivity contribution in [2.24, 2.45) is 5.73 Å². The van der Waals surface area contributed by atoms with Gasteiger partial charge >= 0.3 is 6.03 Å². The number of urea groups is 1. The number of hydrogen-bond donors (Lipinski definition) is 1. The minimum atomic E-state index is -0.811. The second-order valence-electron chi connectivity index (χ2n) is 7.17. The largest absolute Gasteiger partial charge is 0.381 e. The van der Waals surface area contributed by atoms with Crippen LogP contribution in [0.2, 0.25) is 0 Å². The molecule has 2 saturated heterocycles. The lowest BCUT2D eigenvalue weighted by Gasteiger charge is -2.41. The summed E-state index contributed by atoms with van der Waals surface area (Å²) in [6.07, 6.45) is 1.12. The lowest BCUT2D eigenvalue weighted by molar-refractivity contribution is -0.142. The van der Waals surface area contributed by atoms with Gasteiger partial charge in [0, 0.05) is 53.0 Å². The number of rotatable bonds is 3. The zero-order valence-electron chi connectivity index (χ0n) is 15.8. The summed E-state index contributed by atoms with van der Waals surface area (Å²) >= 11 is 0. The van der Waals surface area contributed by atoms with Gasteiger partial charge < -0.3 is 25.2 Å². The number of piperazine rings is 1. The van der Waals surface area contributed by atoms with Crippen LogP contribution in [-0.2, 0) is 16.1 Å². The highest BCUT2D eigenvalue weighted by molar-refractivity contribution is 5.86. The van der Waals surface area contributed by atoms with Crippen LogP contribution in [0.4, 0.5) is 4.79 Å². The van der Waals surface area contributed by atoms with Crippen molar-refractivity contribution in [2.45, 2.75) is 24.9 Å². The number of halogens is 1. The van der Waals surface area contributed by atoms with Gasteiger partial charge in [0.1, 0.15) is 0 Å². The highest BCUT2D eigenvalue weighted by Gasteiger charge is 2.40. The average molecular weight is 397 g/mol. The molecule has 2 heterocycles. The Balaban J connectivity index is 0.00000261. The molecule has 0 radical (unpaired) electrons. The highest BCUT2D eigenvalue weighted by Crippen LogP contribution is 2.21. The highest BCUT2D eigenvalue weighted by atomic mass is 35.5. The van der Waals surface area contributed by atoms with Gasteiger partial charge in [-0.1, -0.05) is 30.3 Å². The minimum absolute atomic E-state index is 0. The fourth-order valence-electron chi connectivity index (χ4n) is 3.53. The minimum Gasteiger partial charge on any atom is -0.381 e. The van der Waals surface area contributed by atoms with Crippen LogP contribution in [-0.4, -0.2) is 78.6 Å². The van der Waals surface area contributed by atoms with Gasteiger partial charge in [-0.25, -0.2) is 4.79 Å². The third-order valence-electron chi connectivity index (χ3n) is 5.24. The maximum Gasteiger partial charge on any atom is 0.320 e. The fourth-order valence-corrected chi connectivity index (χ4v) is 3.53. The van der Waals surface area contributed by atoms with Crippen LogP contribution in [0.5, 0.6) is 0 Å². The quantitative estimate of drug-likeness (QED) is 0.835. The van der Waals surface area contributed by atoms with E-state index in [2.05, 4.69) is 0 Å². The van der Waals surface area contributed by atoms with Gasteiger partial charge in [0.05, 0.1) is 5.54 Å². The monoisotopic (exact) mass is 396 g/mol. The molecule has 0 spiro atoms. The van der Waals surface area contributed by atoms with E-state index in [-0.39, 0.29) is 24.3 Å². The molecule has 1 aromatic carbocycles. The molecule has 2 fully saturated rings. The lowest BCUT2D eigenvalue weighted by atomic mass is 9.89.